The summed E-state index contributed by atoms with van der Waals surface area (Å²) in [5.41, 5.74) is -0.341. The molecule has 1 aromatic rings. The Morgan fingerprint density at radius 2 is 2.29 bits per heavy atom. The molecule has 0 aromatic carbocycles. The molecule has 31 heavy (non-hydrogen) atoms. The molecule has 2 heterocycles. The zero-order valence-electron chi connectivity index (χ0n) is 17.5. The van der Waals surface area contributed by atoms with Crippen molar-refractivity contribution in [2.45, 2.75) is 51.2 Å². The number of hydrogen-bond acceptors (Lipinski definition) is 5. The van der Waals surface area contributed by atoms with Crippen molar-refractivity contribution in [3.8, 4) is 0 Å². The predicted octanol–water partition coefficient (Wildman–Crippen LogP) is 4.32. The van der Waals surface area contributed by atoms with Gasteiger partial charge in [-0.15, -0.1) is 6.58 Å². The number of hydrogen-bond donors (Lipinski definition) is 3. The number of allylic oxidation sites excluding steroid dienone is 3. The van der Waals surface area contributed by atoms with Gasteiger partial charge in [0.2, 0.25) is 0 Å². The van der Waals surface area contributed by atoms with Crippen LogP contribution in [0.4, 0.5) is 13.2 Å². The molecule has 0 saturated heterocycles. The van der Waals surface area contributed by atoms with E-state index in [1.165, 1.54) is 0 Å². The van der Waals surface area contributed by atoms with E-state index >= 15 is 0 Å². The zero-order chi connectivity index (χ0) is 22.9. The van der Waals surface area contributed by atoms with E-state index in [1.807, 2.05) is 13.0 Å². The van der Waals surface area contributed by atoms with Crippen molar-refractivity contribution >= 4 is 23.4 Å². The molecule has 2 unspecified atom stereocenters. The van der Waals surface area contributed by atoms with E-state index in [1.54, 1.807) is 18.4 Å². The number of aliphatic imine (C=N–C) groups is 1. The summed E-state index contributed by atoms with van der Waals surface area (Å²) in [6, 6.07) is 0. The minimum atomic E-state index is -4.45. The van der Waals surface area contributed by atoms with Gasteiger partial charge in [0, 0.05) is 42.8 Å². The normalized spacial score (nSPS) is 18.4. The van der Waals surface area contributed by atoms with Gasteiger partial charge in [0.1, 0.15) is 23.9 Å². The van der Waals surface area contributed by atoms with Crippen LogP contribution in [-0.2, 0) is 6.18 Å². The molecule has 3 N–H and O–H groups in total. The van der Waals surface area contributed by atoms with E-state index in [0.717, 1.165) is 19.2 Å². The SMILES string of the molecule is C=CCC/C(Cl)=C/CC(O)NCCN(CC)C1CC=C(c2ncc(C(F)(F)F)[nH]2)C=N1. The summed E-state index contributed by atoms with van der Waals surface area (Å²) in [4.78, 5) is 12.7. The van der Waals surface area contributed by atoms with Gasteiger partial charge in [-0.05, 0) is 19.4 Å². The maximum atomic E-state index is 12.7. The summed E-state index contributed by atoms with van der Waals surface area (Å²) in [7, 11) is 0. The molecule has 0 aliphatic carbocycles. The van der Waals surface area contributed by atoms with Gasteiger partial charge in [0.25, 0.3) is 0 Å². The van der Waals surface area contributed by atoms with Crippen molar-refractivity contribution < 1.29 is 18.3 Å². The topological polar surface area (TPSA) is 76.5 Å². The Balaban J connectivity index is 1.79. The van der Waals surface area contributed by atoms with Crippen LogP contribution in [0, 0.1) is 0 Å². The van der Waals surface area contributed by atoms with Crippen molar-refractivity contribution in [1.29, 1.82) is 0 Å². The molecule has 1 aliphatic rings. The number of nitrogens with zero attached hydrogens (tertiary/aromatic N) is 3. The van der Waals surface area contributed by atoms with Crippen LogP contribution in [0.3, 0.4) is 0 Å². The van der Waals surface area contributed by atoms with Crippen LogP contribution in [0.15, 0.2) is 41.0 Å². The van der Waals surface area contributed by atoms with E-state index < -0.39 is 18.1 Å². The van der Waals surface area contributed by atoms with E-state index in [2.05, 4.69) is 31.8 Å². The third-order valence-electron chi connectivity index (χ3n) is 4.85. The monoisotopic (exact) mass is 459 g/mol. The fourth-order valence-electron chi connectivity index (χ4n) is 3.08. The van der Waals surface area contributed by atoms with E-state index in [0.29, 0.717) is 43.0 Å². The molecule has 0 bridgehead atoms. The minimum Gasteiger partial charge on any atom is -0.378 e. The van der Waals surface area contributed by atoms with Crippen molar-refractivity contribution in [3.05, 3.63) is 47.6 Å². The molecular formula is C21H29ClF3N5O. The van der Waals surface area contributed by atoms with Crippen molar-refractivity contribution in [2.75, 3.05) is 19.6 Å². The average molecular weight is 460 g/mol. The second-order valence-electron chi connectivity index (χ2n) is 7.11. The molecule has 2 rings (SSSR count). The molecule has 10 heteroatoms. The number of nitrogens with one attached hydrogen (secondary N) is 2. The first-order valence-electron chi connectivity index (χ1n) is 10.2. The number of alkyl halides is 3. The number of rotatable bonds is 12. The maximum absolute atomic E-state index is 12.7. The van der Waals surface area contributed by atoms with Gasteiger partial charge in [-0.2, -0.15) is 13.2 Å². The van der Waals surface area contributed by atoms with Crippen molar-refractivity contribution in [3.63, 3.8) is 0 Å². The molecule has 1 aromatic heterocycles. The van der Waals surface area contributed by atoms with Crippen LogP contribution in [0.5, 0.6) is 0 Å². The lowest BCUT2D eigenvalue weighted by Crippen LogP contribution is -2.41. The van der Waals surface area contributed by atoms with Gasteiger partial charge in [-0.25, -0.2) is 4.98 Å². The lowest BCUT2D eigenvalue weighted by molar-refractivity contribution is -0.140. The Hall–Kier alpha value is -1.94. The van der Waals surface area contributed by atoms with Gasteiger partial charge in [-0.1, -0.05) is 36.8 Å². The van der Waals surface area contributed by atoms with E-state index in [-0.39, 0.29) is 12.0 Å². The summed E-state index contributed by atoms with van der Waals surface area (Å²) in [6.07, 6.45) is 4.99. The van der Waals surface area contributed by atoms with E-state index in [4.69, 9.17) is 11.6 Å². The predicted molar refractivity (Wildman–Crippen MR) is 118 cm³/mol. The lowest BCUT2D eigenvalue weighted by atomic mass is 10.1. The molecule has 0 spiro atoms. The van der Waals surface area contributed by atoms with Crippen LogP contribution in [0.1, 0.15) is 44.1 Å². The number of H-pyrrole nitrogens is 1. The second-order valence-corrected chi connectivity index (χ2v) is 7.60. The van der Waals surface area contributed by atoms with Crippen molar-refractivity contribution in [1.82, 2.24) is 20.2 Å². The van der Waals surface area contributed by atoms with Gasteiger partial charge in [-0.3, -0.25) is 15.2 Å². The number of aliphatic hydroxyl groups excluding tert-OH is 1. The number of aromatic amines is 1. The van der Waals surface area contributed by atoms with Gasteiger partial charge >= 0.3 is 6.18 Å². The number of dihydropyridines is 1. The van der Waals surface area contributed by atoms with Crippen LogP contribution >= 0.6 is 11.6 Å². The van der Waals surface area contributed by atoms with Crippen molar-refractivity contribution in [2.24, 2.45) is 4.99 Å². The Morgan fingerprint density at radius 3 is 2.87 bits per heavy atom. The van der Waals surface area contributed by atoms with E-state index in [9.17, 15) is 18.3 Å². The smallest absolute Gasteiger partial charge is 0.378 e. The number of imidazole rings is 1. The van der Waals surface area contributed by atoms with Crippen LogP contribution < -0.4 is 5.32 Å². The first kappa shape index (κ1) is 25.3. The summed E-state index contributed by atoms with van der Waals surface area (Å²) in [5, 5.41) is 13.8. The maximum Gasteiger partial charge on any atom is 0.432 e. The molecule has 1 aliphatic heterocycles. The third kappa shape index (κ3) is 8.25. The summed E-state index contributed by atoms with van der Waals surface area (Å²) in [6.45, 7) is 7.62. The number of likely N-dealkylation sites (N-methyl/N-ethyl adjacent to an activating group) is 1. The first-order chi connectivity index (χ1) is 14.7. The molecule has 0 radical (unpaired) electrons. The summed E-state index contributed by atoms with van der Waals surface area (Å²) < 4.78 is 38.2. The Morgan fingerprint density at radius 1 is 1.52 bits per heavy atom. The molecule has 0 amide bonds. The highest BCUT2D eigenvalue weighted by Gasteiger charge is 2.33. The number of aromatic nitrogens is 2. The highest BCUT2D eigenvalue weighted by molar-refractivity contribution is 6.29. The van der Waals surface area contributed by atoms with Crippen LogP contribution in [0.2, 0.25) is 0 Å². The average Bonchev–Trinajstić information content (AvgIpc) is 3.25. The highest BCUT2D eigenvalue weighted by Crippen LogP contribution is 2.29. The number of aliphatic hydroxyl groups is 1. The Labute approximate surface area is 185 Å². The lowest BCUT2D eigenvalue weighted by Gasteiger charge is -2.29. The van der Waals surface area contributed by atoms with Gasteiger partial charge < -0.3 is 10.1 Å². The Bertz CT molecular complexity index is 803. The third-order valence-corrected chi connectivity index (χ3v) is 5.19. The molecular weight excluding hydrogens is 431 g/mol. The van der Waals surface area contributed by atoms with Crippen LogP contribution in [0.25, 0.3) is 5.57 Å². The molecule has 0 saturated carbocycles. The highest BCUT2D eigenvalue weighted by atomic mass is 35.5. The molecule has 172 valence electrons. The van der Waals surface area contributed by atoms with Gasteiger partial charge in [0.15, 0.2) is 0 Å². The summed E-state index contributed by atoms with van der Waals surface area (Å²) in [5.74, 6) is 0.155. The van der Waals surface area contributed by atoms with Gasteiger partial charge in [0.05, 0.1) is 6.20 Å². The molecule has 0 fully saturated rings. The largest absolute Gasteiger partial charge is 0.432 e. The zero-order valence-corrected chi connectivity index (χ0v) is 18.3. The fraction of sp³-hybridized carbons (Fsp3) is 0.524. The molecule has 2 atom stereocenters. The standard InChI is InChI=1S/C21H29ClF3N5O/c1-3-5-6-16(22)8-10-19(31)26-11-12-30(4-2)18-9-7-15(13-27-18)20-28-14-17(29-20)21(23,24)25/h3,7-8,13-14,18-19,26,31H,1,4-6,9-12H2,2H3,(H,28,29)/b16-8-. The quantitative estimate of drug-likeness (QED) is 0.321. The number of halogens is 4. The molecule has 6 nitrogen and oxygen atoms in total. The summed E-state index contributed by atoms with van der Waals surface area (Å²) >= 11 is 6.07. The second kappa shape index (κ2) is 12.2. The minimum absolute atomic E-state index is 0.113. The fourth-order valence-corrected chi connectivity index (χ4v) is 3.28. The van der Waals surface area contributed by atoms with Crippen LogP contribution in [-0.4, -0.2) is 58.2 Å². The first-order valence-corrected chi connectivity index (χ1v) is 10.6. The Kier molecular flexibility index (Phi) is 9.95.